The van der Waals surface area contributed by atoms with Gasteiger partial charge in [0.1, 0.15) is 12.4 Å². The Labute approximate surface area is 200 Å². The molecule has 0 atom stereocenters. The number of nitrogens with zero attached hydrogens (tertiary/aromatic N) is 3. The first-order valence-corrected chi connectivity index (χ1v) is 10.7. The first-order valence-electron chi connectivity index (χ1n) is 10.4. The molecule has 0 aliphatic carbocycles. The first kappa shape index (κ1) is 22.9. The standard InChI is InChI=1S/C24H20ClN5O4/c25-19-7-9-20(10-8-19)33-15-16-3-5-17(6-4-16)24(32)29-28-21(31)11-12-22-27-23(30-34-22)18-2-1-13-26-14-18/h1-10,13-14H,11-12,15H2,(H,28,31)(H,29,32). The van der Waals surface area contributed by atoms with Gasteiger partial charge in [0.2, 0.25) is 17.6 Å². The minimum Gasteiger partial charge on any atom is -0.489 e. The second-order valence-electron chi connectivity index (χ2n) is 7.20. The molecular weight excluding hydrogens is 458 g/mol. The van der Waals surface area contributed by atoms with Crippen molar-refractivity contribution in [3.05, 3.63) is 95.1 Å². The average molecular weight is 478 g/mol. The van der Waals surface area contributed by atoms with Crippen LogP contribution in [0.3, 0.4) is 0 Å². The number of pyridine rings is 1. The number of benzene rings is 2. The second-order valence-corrected chi connectivity index (χ2v) is 7.63. The van der Waals surface area contributed by atoms with Crippen LogP contribution in [0.15, 0.2) is 77.6 Å². The molecule has 2 N–H and O–H groups in total. The van der Waals surface area contributed by atoms with Crippen molar-refractivity contribution in [2.75, 3.05) is 0 Å². The molecule has 0 saturated carbocycles. The van der Waals surface area contributed by atoms with Gasteiger partial charge in [-0.25, -0.2) is 0 Å². The highest BCUT2D eigenvalue weighted by atomic mass is 35.5. The molecule has 4 aromatic rings. The number of aryl methyl sites for hydroxylation is 1. The van der Waals surface area contributed by atoms with Crippen molar-refractivity contribution >= 4 is 23.4 Å². The number of ether oxygens (including phenoxy) is 1. The van der Waals surface area contributed by atoms with E-state index in [2.05, 4.69) is 26.0 Å². The van der Waals surface area contributed by atoms with Crippen LogP contribution in [0.1, 0.15) is 28.2 Å². The number of amides is 2. The summed E-state index contributed by atoms with van der Waals surface area (Å²) in [6.07, 6.45) is 3.57. The average Bonchev–Trinajstić information content (AvgIpc) is 3.36. The molecule has 2 aromatic carbocycles. The number of aromatic nitrogens is 3. The molecule has 0 aliphatic heterocycles. The van der Waals surface area contributed by atoms with Gasteiger partial charge in [-0.3, -0.25) is 25.4 Å². The van der Waals surface area contributed by atoms with Gasteiger partial charge in [-0.2, -0.15) is 4.98 Å². The molecular formula is C24H20ClN5O4. The number of halogens is 1. The fraction of sp³-hybridized carbons (Fsp3) is 0.125. The van der Waals surface area contributed by atoms with Gasteiger partial charge in [-0.1, -0.05) is 28.9 Å². The van der Waals surface area contributed by atoms with Crippen LogP contribution in [0.25, 0.3) is 11.4 Å². The van der Waals surface area contributed by atoms with Crippen molar-refractivity contribution in [2.24, 2.45) is 0 Å². The number of nitrogens with one attached hydrogen (secondary N) is 2. The van der Waals surface area contributed by atoms with Crippen LogP contribution in [0, 0.1) is 0 Å². The Morgan fingerprint density at radius 3 is 2.53 bits per heavy atom. The van der Waals surface area contributed by atoms with Crippen LogP contribution in [0.2, 0.25) is 5.02 Å². The van der Waals surface area contributed by atoms with Crippen molar-refractivity contribution < 1.29 is 18.8 Å². The Balaban J connectivity index is 1.20. The highest BCUT2D eigenvalue weighted by Gasteiger charge is 2.12. The fourth-order valence-corrected chi connectivity index (χ4v) is 3.03. The highest BCUT2D eigenvalue weighted by molar-refractivity contribution is 6.30. The summed E-state index contributed by atoms with van der Waals surface area (Å²) in [6.45, 7) is 0.346. The molecule has 0 bridgehead atoms. The Bertz CT molecular complexity index is 1240. The summed E-state index contributed by atoms with van der Waals surface area (Å²) in [5.41, 5.74) is 6.78. The molecule has 34 heavy (non-hydrogen) atoms. The fourth-order valence-electron chi connectivity index (χ4n) is 2.90. The predicted octanol–water partition coefficient (Wildman–Crippen LogP) is 3.76. The molecule has 0 fully saturated rings. The van der Waals surface area contributed by atoms with E-state index in [-0.39, 0.29) is 18.7 Å². The normalized spacial score (nSPS) is 10.5. The molecule has 9 nitrogen and oxygen atoms in total. The number of carbonyl (C=O) groups is 2. The van der Waals surface area contributed by atoms with Crippen molar-refractivity contribution in [1.82, 2.24) is 26.0 Å². The highest BCUT2D eigenvalue weighted by Crippen LogP contribution is 2.17. The number of carbonyl (C=O) groups excluding carboxylic acids is 2. The van der Waals surface area contributed by atoms with Crippen molar-refractivity contribution in [3.63, 3.8) is 0 Å². The lowest BCUT2D eigenvalue weighted by molar-refractivity contribution is -0.121. The maximum atomic E-state index is 12.3. The van der Waals surface area contributed by atoms with Gasteiger partial charge in [0.15, 0.2) is 0 Å². The first-order chi connectivity index (χ1) is 16.6. The molecule has 10 heteroatoms. The second kappa shape index (κ2) is 11.1. The molecule has 4 rings (SSSR count). The van der Waals surface area contributed by atoms with Gasteiger partial charge in [-0.05, 0) is 54.1 Å². The SMILES string of the molecule is O=C(CCc1nc(-c2cccnc2)no1)NNC(=O)c1ccc(COc2ccc(Cl)cc2)cc1. The van der Waals surface area contributed by atoms with Gasteiger partial charge < -0.3 is 9.26 Å². The molecule has 2 heterocycles. The number of rotatable bonds is 8. The lowest BCUT2D eigenvalue weighted by Gasteiger charge is -2.09. The maximum absolute atomic E-state index is 12.3. The molecule has 0 spiro atoms. The summed E-state index contributed by atoms with van der Waals surface area (Å²) in [6, 6.07) is 17.5. The van der Waals surface area contributed by atoms with Crippen LogP contribution >= 0.6 is 11.6 Å². The predicted molar refractivity (Wildman–Crippen MR) is 124 cm³/mol. The van der Waals surface area contributed by atoms with Gasteiger partial charge >= 0.3 is 0 Å². The molecule has 0 aliphatic rings. The van der Waals surface area contributed by atoms with Crippen molar-refractivity contribution in [3.8, 4) is 17.1 Å². The van der Waals surface area contributed by atoms with Crippen molar-refractivity contribution in [2.45, 2.75) is 19.4 Å². The van der Waals surface area contributed by atoms with Gasteiger partial charge in [-0.15, -0.1) is 0 Å². The summed E-state index contributed by atoms with van der Waals surface area (Å²) in [4.78, 5) is 32.6. The largest absolute Gasteiger partial charge is 0.489 e. The van der Waals surface area contributed by atoms with Crippen LogP contribution in [-0.2, 0) is 17.8 Å². The Morgan fingerprint density at radius 2 is 1.79 bits per heavy atom. The third kappa shape index (κ3) is 6.39. The summed E-state index contributed by atoms with van der Waals surface area (Å²) in [5, 5.41) is 4.52. The third-order valence-electron chi connectivity index (χ3n) is 4.70. The molecule has 2 amide bonds. The van der Waals surface area contributed by atoms with Gasteiger partial charge in [0.25, 0.3) is 5.91 Å². The Kier molecular flexibility index (Phi) is 7.46. The van der Waals surface area contributed by atoms with Gasteiger partial charge in [0, 0.05) is 41.4 Å². The lowest BCUT2D eigenvalue weighted by Crippen LogP contribution is -2.41. The smallest absolute Gasteiger partial charge is 0.269 e. The topological polar surface area (TPSA) is 119 Å². The molecule has 0 unspecified atom stereocenters. The molecule has 0 saturated heterocycles. The van der Waals surface area contributed by atoms with E-state index < -0.39 is 5.91 Å². The Morgan fingerprint density at radius 1 is 1.00 bits per heavy atom. The van der Waals surface area contributed by atoms with Crippen LogP contribution in [-0.4, -0.2) is 26.9 Å². The van der Waals surface area contributed by atoms with E-state index in [1.807, 2.05) is 6.07 Å². The monoisotopic (exact) mass is 477 g/mol. The van der Waals surface area contributed by atoms with E-state index in [4.69, 9.17) is 20.9 Å². The summed E-state index contributed by atoms with van der Waals surface area (Å²) in [5.74, 6) is 0.593. The summed E-state index contributed by atoms with van der Waals surface area (Å²) in [7, 11) is 0. The van der Waals surface area contributed by atoms with Crippen LogP contribution < -0.4 is 15.6 Å². The zero-order valence-corrected chi connectivity index (χ0v) is 18.7. The van der Waals surface area contributed by atoms with E-state index in [9.17, 15) is 9.59 Å². The number of hydrogen-bond acceptors (Lipinski definition) is 7. The van der Waals surface area contributed by atoms with Gasteiger partial charge in [0.05, 0.1) is 0 Å². The molecule has 2 aromatic heterocycles. The zero-order chi connectivity index (χ0) is 23.8. The minimum absolute atomic E-state index is 0.0654. The van der Waals surface area contributed by atoms with Crippen LogP contribution in [0.4, 0.5) is 0 Å². The molecule has 0 radical (unpaired) electrons. The quantitative estimate of drug-likeness (QED) is 0.371. The van der Waals surface area contributed by atoms with Crippen LogP contribution in [0.5, 0.6) is 5.75 Å². The van der Waals surface area contributed by atoms with E-state index in [1.165, 1.54) is 0 Å². The maximum Gasteiger partial charge on any atom is 0.269 e. The molecule has 172 valence electrons. The Hall–Kier alpha value is -4.24. The van der Waals surface area contributed by atoms with E-state index in [0.717, 1.165) is 11.1 Å². The van der Waals surface area contributed by atoms with Crippen molar-refractivity contribution in [1.29, 1.82) is 0 Å². The van der Waals surface area contributed by atoms with E-state index in [0.29, 0.717) is 34.7 Å². The lowest BCUT2D eigenvalue weighted by atomic mass is 10.1. The van der Waals surface area contributed by atoms with E-state index in [1.54, 1.807) is 67.0 Å². The summed E-state index contributed by atoms with van der Waals surface area (Å²) >= 11 is 5.86. The zero-order valence-electron chi connectivity index (χ0n) is 17.9. The number of hydrogen-bond donors (Lipinski definition) is 2. The van der Waals surface area contributed by atoms with E-state index >= 15 is 0 Å². The number of hydrazine groups is 1. The minimum atomic E-state index is -0.435. The third-order valence-corrected chi connectivity index (χ3v) is 4.96. The summed E-state index contributed by atoms with van der Waals surface area (Å²) < 4.78 is 10.8.